The lowest BCUT2D eigenvalue weighted by Crippen LogP contribution is -2.21. The Labute approximate surface area is 118 Å². The minimum Gasteiger partial charge on any atom is -0.333 e. The summed E-state index contributed by atoms with van der Waals surface area (Å²) in [5.41, 5.74) is 4.66. The average Bonchev–Trinajstić information content (AvgIpc) is 2.89. The van der Waals surface area contributed by atoms with Crippen molar-refractivity contribution in [3.8, 4) is 11.1 Å². The van der Waals surface area contributed by atoms with Crippen LogP contribution in [0.3, 0.4) is 0 Å². The fraction of sp³-hybridized carbons (Fsp3) is 0.312. The molecule has 2 heterocycles. The molecule has 0 aliphatic carbocycles. The van der Waals surface area contributed by atoms with E-state index in [1.807, 2.05) is 17.3 Å². The maximum atomic E-state index is 11.3. The van der Waals surface area contributed by atoms with Crippen LogP contribution in [0.15, 0.2) is 30.6 Å². The Morgan fingerprint density at radius 2 is 1.80 bits per heavy atom. The summed E-state index contributed by atoms with van der Waals surface area (Å²) < 4.78 is 0. The van der Waals surface area contributed by atoms with Gasteiger partial charge in [0, 0.05) is 30.9 Å². The molecule has 0 N–H and O–H groups in total. The predicted octanol–water partition coefficient (Wildman–Crippen LogP) is 2.54. The van der Waals surface area contributed by atoms with Crippen molar-refractivity contribution in [1.82, 2.24) is 9.97 Å². The van der Waals surface area contributed by atoms with Gasteiger partial charge in [0.2, 0.25) is 5.95 Å². The highest BCUT2D eigenvalue weighted by atomic mass is 16.1. The zero-order chi connectivity index (χ0) is 14.1. The van der Waals surface area contributed by atoms with Gasteiger partial charge in [-0.15, -0.1) is 0 Å². The number of aryl methyl sites for hydroxylation is 2. The zero-order valence-corrected chi connectivity index (χ0v) is 11.8. The molecule has 0 radical (unpaired) electrons. The van der Waals surface area contributed by atoms with Crippen molar-refractivity contribution in [1.29, 1.82) is 0 Å². The summed E-state index contributed by atoms with van der Waals surface area (Å²) >= 11 is 0. The van der Waals surface area contributed by atoms with Crippen LogP contribution in [0.1, 0.15) is 17.5 Å². The highest BCUT2D eigenvalue weighted by molar-refractivity contribution is 5.86. The summed E-state index contributed by atoms with van der Waals surface area (Å²) in [5, 5.41) is 0. The topological polar surface area (TPSA) is 46.1 Å². The molecule has 0 spiro atoms. The summed E-state index contributed by atoms with van der Waals surface area (Å²) in [7, 11) is 0. The van der Waals surface area contributed by atoms with Gasteiger partial charge in [0.15, 0.2) is 5.78 Å². The molecule has 0 amide bonds. The molecule has 1 aliphatic heterocycles. The number of benzene rings is 1. The molecule has 3 rings (SSSR count). The number of rotatable bonds is 2. The fourth-order valence-electron chi connectivity index (χ4n) is 2.36. The van der Waals surface area contributed by atoms with Crippen molar-refractivity contribution >= 4 is 11.7 Å². The Morgan fingerprint density at radius 1 is 1.05 bits per heavy atom. The van der Waals surface area contributed by atoms with Crippen LogP contribution < -0.4 is 4.90 Å². The SMILES string of the molecule is Cc1ccc(-c2cnc(N3CCC(=O)C3)nc2)cc1C. The molecule has 0 unspecified atom stereocenters. The van der Waals surface area contributed by atoms with Crippen molar-refractivity contribution in [2.45, 2.75) is 20.3 Å². The van der Waals surface area contributed by atoms with E-state index in [-0.39, 0.29) is 5.78 Å². The van der Waals surface area contributed by atoms with Gasteiger partial charge >= 0.3 is 0 Å². The van der Waals surface area contributed by atoms with E-state index in [0.29, 0.717) is 18.9 Å². The van der Waals surface area contributed by atoms with Crippen LogP contribution >= 0.6 is 0 Å². The van der Waals surface area contributed by atoms with Crippen molar-refractivity contribution < 1.29 is 4.79 Å². The van der Waals surface area contributed by atoms with Gasteiger partial charge in [-0.1, -0.05) is 18.2 Å². The van der Waals surface area contributed by atoms with Crippen LogP contribution in [0.25, 0.3) is 11.1 Å². The minimum atomic E-state index is 0.256. The Bertz CT molecular complexity index is 649. The van der Waals surface area contributed by atoms with E-state index in [2.05, 4.69) is 42.0 Å². The number of nitrogens with zero attached hydrogens (tertiary/aromatic N) is 3. The quantitative estimate of drug-likeness (QED) is 0.839. The number of Topliss-reactive ketones (excluding diaryl/α,β-unsaturated/α-hetero) is 1. The smallest absolute Gasteiger partial charge is 0.225 e. The van der Waals surface area contributed by atoms with E-state index in [4.69, 9.17) is 0 Å². The van der Waals surface area contributed by atoms with Crippen LogP contribution in [0.4, 0.5) is 5.95 Å². The summed E-state index contributed by atoms with van der Waals surface area (Å²) in [6.45, 7) is 5.36. The standard InChI is InChI=1S/C16H17N3O/c1-11-3-4-13(7-12(11)2)14-8-17-16(18-9-14)19-6-5-15(20)10-19/h3-4,7-9H,5-6,10H2,1-2H3. The van der Waals surface area contributed by atoms with Gasteiger partial charge in [-0.25, -0.2) is 9.97 Å². The monoisotopic (exact) mass is 267 g/mol. The molecular formula is C16H17N3O. The van der Waals surface area contributed by atoms with Crippen LogP contribution in [0.5, 0.6) is 0 Å². The van der Waals surface area contributed by atoms with Crippen LogP contribution in [0, 0.1) is 13.8 Å². The van der Waals surface area contributed by atoms with Crippen molar-refractivity contribution in [3.05, 3.63) is 41.7 Å². The molecule has 1 saturated heterocycles. The first-order chi connectivity index (χ1) is 9.63. The van der Waals surface area contributed by atoms with E-state index < -0.39 is 0 Å². The Hall–Kier alpha value is -2.23. The van der Waals surface area contributed by atoms with E-state index in [1.165, 1.54) is 11.1 Å². The molecule has 0 bridgehead atoms. The molecule has 2 aromatic rings. The number of aromatic nitrogens is 2. The number of carbonyl (C=O) groups is 1. The lowest BCUT2D eigenvalue weighted by Gasteiger charge is -2.14. The van der Waals surface area contributed by atoms with Crippen molar-refractivity contribution in [2.75, 3.05) is 18.0 Å². The first-order valence-corrected chi connectivity index (χ1v) is 6.80. The molecule has 1 aromatic carbocycles. The normalized spacial score (nSPS) is 14.9. The minimum absolute atomic E-state index is 0.256. The maximum absolute atomic E-state index is 11.3. The first-order valence-electron chi connectivity index (χ1n) is 6.80. The van der Waals surface area contributed by atoms with Gasteiger partial charge in [-0.05, 0) is 30.5 Å². The summed E-state index contributed by atoms with van der Waals surface area (Å²) in [4.78, 5) is 22.0. The lowest BCUT2D eigenvalue weighted by atomic mass is 10.0. The Kier molecular flexibility index (Phi) is 3.22. The Balaban J connectivity index is 1.85. The van der Waals surface area contributed by atoms with Crippen molar-refractivity contribution in [2.24, 2.45) is 0 Å². The third kappa shape index (κ3) is 2.41. The maximum Gasteiger partial charge on any atom is 0.225 e. The largest absolute Gasteiger partial charge is 0.333 e. The molecule has 102 valence electrons. The Morgan fingerprint density at radius 3 is 2.40 bits per heavy atom. The van der Waals surface area contributed by atoms with Gasteiger partial charge in [-0.3, -0.25) is 4.79 Å². The van der Waals surface area contributed by atoms with Crippen molar-refractivity contribution in [3.63, 3.8) is 0 Å². The molecule has 0 saturated carbocycles. The number of anilines is 1. The van der Waals surface area contributed by atoms with Crippen LogP contribution in [-0.2, 0) is 4.79 Å². The number of hydrogen-bond donors (Lipinski definition) is 0. The summed E-state index contributed by atoms with van der Waals surface area (Å²) in [6.07, 6.45) is 4.26. The first kappa shape index (κ1) is 12.8. The van der Waals surface area contributed by atoms with Gasteiger partial charge in [0.1, 0.15) is 0 Å². The second-order valence-electron chi connectivity index (χ2n) is 5.28. The van der Waals surface area contributed by atoms with Gasteiger partial charge in [0.05, 0.1) is 6.54 Å². The van der Waals surface area contributed by atoms with Crippen LogP contribution in [-0.4, -0.2) is 28.8 Å². The number of hydrogen-bond acceptors (Lipinski definition) is 4. The number of carbonyl (C=O) groups excluding carboxylic acids is 1. The summed E-state index contributed by atoms with van der Waals surface area (Å²) in [5.74, 6) is 0.898. The lowest BCUT2D eigenvalue weighted by molar-refractivity contribution is -0.116. The molecule has 4 nitrogen and oxygen atoms in total. The second-order valence-corrected chi connectivity index (χ2v) is 5.28. The molecule has 1 fully saturated rings. The molecule has 4 heteroatoms. The third-order valence-electron chi connectivity index (χ3n) is 3.79. The second kappa shape index (κ2) is 5.04. The molecule has 1 aromatic heterocycles. The molecule has 1 aliphatic rings. The molecule has 0 atom stereocenters. The average molecular weight is 267 g/mol. The third-order valence-corrected chi connectivity index (χ3v) is 3.79. The van der Waals surface area contributed by atoms with Crippen LogP contribution in [0.2, 0.25) is 0 Å². The van der Waals surface area contributed by atoms with E-state index in [1.54, 1.807) is 0 Å². The van der Waals surface area contributed by atoms with Gasteiger partial charge in [-0.2, -0.15) is 0 Å². The van der Waals surface area contributed by atoms with E-state index in [9.17, 15) is 4.79 Å². The van der Waals surface area contributed by atoms with Gasteiger partial charge in [0.25, 0.3) is 0 Å². The molecular weight excluding hydrogens is 250 g/mol. The fourth-order valence-corrected chi connectivity index (χ4v) is 2.36. The van der Waals surface area contributed by atoms with Gasteiger partial charge < -0.3 is 4.90 Å². The highest BCUT2D eigenvalue weighted by Gasteiger charge is 2.21. The van der Waals surface area contributed by atoms with E-state index >= 15 is 0 Å². The molecule has 20 heavy (non-hydrogen) atoms. The zero-order valence-electron chi connectivity index (χ0n) is 11.8. The van der Waals surface area contributed by atoms with E-state index in [0.717, 1.165) is 17.7 Å². The highest BCUT2D eigenvalue weighted by Crippen LogP contribution is 2.22. The summed E-state index contributed by atoms with van der Waals surface area (Å²) in [6, 6.07) is 6.34. The number of ketones is 1. The predicted molar refractivity (Wildman–Crippen MR) is 78.8 cm³/mol.